The van der Waals surface area contributed by atoms with Gasteiger partial charge in [0.1, 0.15) is 12.4 Å². The summed E-state index contributed by atoms with van der Waals surface area (Å²) >= 11 is 1.41. The second kappa shape index (κ2) is 3.33. The SMILES string of the molecule is N#Cc1ncn(Cc2ccns2)n1. The van der Waals surface area contributed by atoms with Crippen LogP contribution in [0.4, 0.5) is 0 Å². The standard InChI is InChI=1S/C7H5N5S/c8-3-7-9-5-12(11-7)4-6-1-2-10-13-6/h1-2,5H,4H2. The van der Waals surface area contributed by atoms with Crippen LogP contribution in [-0.2, 0) is 6.54 Å². The Labute approximate surface area is 78.4 Å². The Hall–Kier alpha value is -1.74. The average Bonchev–Trinajstić information content (AvgIpc) is 2.76. The zero-order valence-electron chi connectivity index (χ0n) is 6.58. The lowest BCUT2D eigenvalue weighted by molar-refractivity contribution is 0.690. The Kier molecular flexibility index (Phi) is 2.02. The van der Waals surface area contributed by atoms with E-state index in [9.17, 15) is 0 Å². The van der Waals surface area contributed by atoms with Gasteiger partial charge in [0, 0.05) is 11.1 Å². The predicted octanol–water partition coefficient (Wildman–Crippen LogP) is 0.655. The third kappa shape index (κ3) is 1.71. The maximum Gasteiger partial charge on any atom is 0.252 e. The van der Waals surface area contributed by atoms with Gasteiger partial charge in [-0.05, 0) is 17.6 Å². The minimum Gasteiger partial charge on any atom is -0.246 e. The van der Waals surface area contributed by atoms with Crippen LogP contribution in [0, 0.1) is 11.3 Å². The summed E-state index contributed by atoms with van der Waals surface area (Å²) in [6, 6.07) is 3.79. The summed E-state index contributed by atoms with van der Waals surface area (Å²) < 4.78 is 5.58. The van der Waals surface area contributed by atoms with E-state index in [-0.39, 0.29) is 5.82 Å². The summed E-state index contributed by atoms with van der Waals surface area (Å²) in [5, 5.41) is 12.4. The first-order valence-corrected chi connectivity index (χ1v) is 4.35. The van der Waals surface area contributed by atoms with E-state index in [0.717, 1.165) is 4.88 Å². The fraction of sp³-hybridized carbons (Fsp3) is 0.143. The molecule has 2 aromatic heterocycles. The molecule has 0 aliphatic heterocycles. The highest BCUT2D eigenvalue weighted by atomic mass is 32.1. The molecule has 0 amide bonds. The molecule has 0 spiro atoms. The summed E-state index contributed by atoms with van der Waals surface area (Å²) in [5.41, 5.74) is 0. The van der Waals surface area contributed by atoms with Crippen molar-refractivity contribution in [2.75, 3.05) is 0 Å². The molecule has 64 valence electrons. The van der Waals surface area contributed by atoms with Crippen LogP contribution in [0.25, 0.3) is 0 Å². The quantitative estimate of drug-likeness (QED) is 0.699. The topological polar surface area (TPSA) is 67.4 Å². The van der Waals surface area contributed by atoms with Crippen molar-refractivity contribution in [3.05, 3.63) is 29.3 Å². The van der Waals surface area contributed by atoms with Crippen LogP contribution in [-0.4, -0.2) is 19.1 Å². The molecule has 0 saturated heterocycles. The van der Waals surface area contributed by atoms with Crippen LogP contribution in [0.2, 0.25) is 0 Å². The highest BCUT2D eigenvalue weighted by Gasteiger charge is 2.00. The highest BCUT2D eigenvalue weighted by molar-refractivity contribution is 7.05. The van der Waals surface area contributed by atoms with Crippen molar-refractivity contribution in [2.24, 2.45) is 0 Å². The van der Waals surface area contributed by atoms with Crippen LogP contribution < -0.4 is 0 Å². The highest BCUT2D eigenvalue weighted by Crippen LogP contribution is 2.05. The van der Waals surface area contributed by atoms with Gasteiger partial charge in [-0.15, -0.1) is 5.10 Å². The number of aromatic nitrogens is 4. The summed E-state index contributed by atoms with van der Waals surface area (Å²) in [6.07, 6.45) is 3.28. The number of rotatable bonds is 2. The monoisotopic (exact) mass is 191 g/mol. The number of hydrogen-bond acceptors (Lipinski definition) is 5. The first-order chi connectivity index (χ1) is 6.38. The zero-order chi connectivity index (χ0) is 9.10. The van der Waals surface area contributed by atoms with Crippen molar-refractivity contribution < 1.29 is 0 Å². The van der Waals surface area contributed by atoms with Gasteiger partial charge < -0.3 is 0 Å². The van der Waals surface area contributed by atoms with Crippen molar-refractivity contribution in [1.29, 1.82) is 5.26 Å². The molecule has 0 aromatic carbocycles. The molecule has 0 saturated carbocycles. The normalized spacial score (nSPS) is 9.77. The minimum absolute atomic E-state index is 0.199. The van der Waals surface area contributed by atoms with Crippen LogP contribution in [0.5, 0.6) is 0 Å². The molecule has 5 nitrogen and oxygen atoms in total. The molecule has 2 aromatic rings. The molecule has 2 rings (SSSR count). The van der Waals surface area contributed by atoms with Gasteiger partial charge in [0.25, 0.3) is 5.82 Å². The summed E-state index contributed by atoms with van der Waals surface area (Å²) in [7, 11) is 0. The van der Waals surface area contributed by atoms with Gasteiger partial charge in [0.05, 0.1) is 6.54 Å². The molecule has 6 heteroatoms. The van der Waals surface area contributed by atoms with E-state index in [4.69, 9.17) is 5.26 Å². The van der Waals surface area contributed by atoms with E-state index in [1.165, 1.54) is 17.9 Å². The molecule has 0 radical (unpaired) electrons. The second-order valence-corrected chi connectivity index (χ2v) is 3.27. The fourth-order valence-electron chi connectivity index (χ4n) is 0.905. The number of nitriles is 1. The lowest BCUT2D eigenvalue weighted by Gasteiger charge is -1.93. The van der Waals surface area contributed by atoms with Crippen molar-refractivity contribution in [3.63, 3.8) is 0 Å². The second-order valence-electron chi connectivity index (χ2n) is 2.36. The largest absolute Gasteiger partial charge is 0.252 e. The summed E-state index contributed by atoms with van der Waals surface area (Å²) in [5.74, 6) is 0.199. The van der Waals surface area contributed by atoms with E-state index in [2.05, 4.69) is 14.5 Å². The molecule has 0 bridgehead atoms. The van der Waals surface area contributed by atoms with Crippen LogP contribution >= 0.6 is 11.5 Å². The Morgan fingerprint density at radius 1 is 1.62 bits per heavy atom. The summed E-state index contributed by atoms with van der Waals surface area (Å²) in [6.45, 7) is 0.624. The van der Waals surface area contributed by atoms with E-state index in [0.29, 0.717) is 6.54 Å². The van der Waals surface area contributed by atoms with E-state index in [1.54, 1.807) is 10.9 Å². The molecule has 2 heterocycles. The van der Waals surface area contributed by atoms with Crippen LogP contribution in [0.3, 0.4) is 0 Å². The van der Waals surface area contributed by atoms with Crippen molar-refractivity contribution in [2.45, 2.75) is 6.54 Å². The van der Waals surface area contributed by atoms with Gasteiger partial charge in [0.15, 0.2) is 0 Å². The molecule has 0 aliphatic carbocycles. The third-order valence-electron chi connectivity index (χ3n) is 1.45. The molecule has 13 heavy (non-hydrogen) atoms. The summed E-state index contributed by atoms with van der Waals surface area (Å²) in [4.78, 5) is 4.88. The Balaban J connectivity index is 2.15. The smallest absolute Gasteiger partial charge is 0.246 e. The maximum absolute atomic E-state index is 8.48. The van der Waals surface area contributed by atoms with Crippen LogP contribution in [0.15, 0.2) is 18.6 Å². The van der Waals surface area contributed by atoms with Gasteiger partial charge in [0.2, 0.25) is 0 Å². The fourth-order valence-corrected chi connectivity index (χ4v) is 1.47. The third-order valence-corrected chi connectivity index (χ3v) is 2.17. The zero-order valence-corrected chi connectivity index (χ0v) is 7.40. The van der Waals surface area contributed by atoms with Crippen molar-refractivity contribution in [1.82, 2.24) is 19.1 Å². The van der Waals surface area contributed by atoms with Crippen molar-refractivity contribution >= 4 is 11.5 Å². The Morgan fingerprint density at radius 3 is 3.15 bits per heavy atom. The van der Waals surface area contributed by atoms with E-state index < -0.39 is 0 Å². The Bertz CT molecular complexity index is 424. The maximum atomic E-state index is 8.48. The van der Waals surface area contributed by atoms with Crippen molar-refractivity contribution in [3.8, 4) is 6.07 Å². The first kappa shape index (κ1) is 7.89. The molecule has 0 unspecified atom stereocenters. The van der Waals surface area contributed by atoms with E-state index >= 15 is 0 Å². The number of hydrogen-bond donors (Lipinski definition) is 0. The van der Waals surface area contributed by atoms with E-state index in [1.807, 2.05) is 12.1 Å². The molecule has 0 fully saturated rings. The Morgan fingerprint density at radius 2 is 2.54 bits per heavy atom. The number of nitrogens with zero attached hydrogens (tertiary/aromatic N) is 5. The molecule has 0 atom stereocenters. The molecule has 0 aliphatic rings. The minimum atomic E-state index is 0.199. The lowest BCUT2D eigenvalue weighted by Crippen LogP contribution is -1.98. The van der Waals surface area contributed by atoms with Gasteiger partial charge in [-0.2, -0.15) is 5.26 Å². The van der Waals surface area contributed by atoms with Gasteiger partial charge in [-0.1, -0.05) is 0 Å². The van der Waals surface area contributed by atoms with Gasteiger partial charge in [-0.25, -0.2) is 14.0 Å². The molecular formula is C7H5N5S. The molecular weight excluding hydrogens is 186 g/mol. The van der Waals surface area contributed by atoms with Crippen LogP contribution in [0.1, 0.15) is 10.7 Å². The predicted molar refractivity (Wildman–Crippen MR) is 46.0 cm³/mol. The van der Waals surface area contributed by atoms with Gasteiger partial charge >= 0.3 is 0 Å². The lowest BCUT2D eigenvalue weighted by atomic mass is 10.5. The first-order valence-electron chi connectivity index (χ1n) is 3.57. The van der Waals surface area contributed by atoms with Gasteiger partial charge in [-0.3, -0.25) is 0 Å². The average molecular weight is 191 g/mol. The molecule has 0 N–H and O–H groups in total.